The van der Waals surface area contributed by atoms with Crippen LogP contribution in [-0.2, 0) is 4.74 Å². The van der Waals surface area contributed by atoms with Gasteiger partial charge in [-0.2, -0.15) is 8.78 Å². The second kappa shape index (κ2) is 4.20. The molecule has 106 valence electrons. The van der Waals surface area contributed by atoms with Crippen molar-refractivity contribution in [2.24, 2.45) is 5.73 Å². The summed E-state index contributed by atoms with van der Waals surface area (Å²) in [6.07, 6.45) is -3.95. The first-order chi connectivity index (χ1) is 8.72. The lowest BCUT2D eigenvalue weighted by molar-refractivity contribution is -0.144. The Bertz CT molecular complexity index is 600. The van der Waals surface area contributed by atoms with Crippen molar-refractivity contribution in [3.05, 3.63) is 33.1 Å². The van der Waals surface area contributed by atoms with E-state index in [9.17, 15) is 23.5 Å². The molecule has 8 nitrogen and oxygen atoms in total. The van der Waals surface area contributed by atoms with E-state index in [0.29, 0.717) is 4.57 Å². The van der Waals surface area contributed by atoms with Gasteiger partial charge in [0.1, 0.15) is 0 Å². The summed E-state index contributed by atoms with van der Waals surface area (Å²) in [7, 11) is 0. The Hall–Kier alpha value is -1.62. The second-order valence-electron chi connectivity index (χ2n) is 4.18. The molecule has 1 fully saturated rings. The largest absolute Gasteiger partial charge is 0.392 e. The lowest BCUT2D eigenvalue weighted by Gasteiger charge is -2.24. The third-order valence-electron chi connectivity index (χ3n) is 2.84. The number of rotatable bonds is 2. The molecule has 1 aliphatic rings. The Kier molecular flexibility index (Phi) is 3.05. The van der Waals surface area contributed by atoms with Gasteiger partial charge in [-0.05, 0) is 0 Å². The summed E-state index contributed by atoms with van der Waals surface area (Å²) in [6, 6.07) is 0.836. The van der Waals surface area contributed by atoms with E-state index in [2.05, 4.69) is 0 Å². The number of nitrogens with one attached hydrogen (secondary N) is 1. The van der Waals surface area contributed by atoms with Gasteiger partial charge in [-0.3, -0.25) is 20.1 Å². The zero-order valence-electron chi connectivity index (χ0n) is 9.42. The van der Waals surface area contributed by atoms with E-state index in [1.807, 2.05) is 0 Å². The van der Waals surface area contributed by atoms with Crippen molar-refractivity contribution >= 4 is 0 Å². The van der Waals surface area contributed by atoms with Gasteiger partial charge in [0.25, 0.3) is 5.56 Å². The Morgan fingerprint density at radius 1 is 1.53 bits per heavy atom. The highest BCUT2D eigenvalue weighted by Gasteiger charge is 2.65. The van der Waals surface area contributed by atoms with Crippen LogP contribution >= 0.6 is 0 Å². The van der Waals surface area contributed by atoms with Gasteiger partial charge in [-0.15, -0.1) is 0 Å². The number of ether oxygens (including phenoxy) is 1. The van der Waals surface area contributed by atoms with Gasteiger partial charge in [-0.1, -0.05) is 0 Å². The number of halogens is 2. The van der Waals surface area contributed by atoms with Crippen molar-refractivity contribution in [3.63, 3.8) is 0 Å². The van der Waals surface area contributed by atoms with Gasteiger partial charge in [0.05, 0.1) is 6.61 Å². The standard InChI is InChI=1S/C9H11F2N3O5/c10-9(11)5(17)8(12,3-15)19-6(9)14-2-1-4(16)13-7(14)18/h1-2,5-6,15,17H,3,12H2,(H,13,16,18). The van der Waals surface area contributed by atoms with Crippen LogP contribution in [0, 0.1) is 0 Å². The maximum absolute atomic E-state index is 13.8. The van der Waals surface area contributed by atoms with E-state index < -0.39 is 41.8 Å². The number of aliphatic hydroxyl groups excluding tert-OH is 2. The monoisotopic (exact) mass is 279 g/mol. The molecule has 0 aliphatic carbocycles. The molecule has 2 rings (SSSR count). The fourth-order valence-electron chi connectivity index (χ4n) is 1.79. The van der Waals surface area contributed by atoms with Crippen LogP contribution in [0.2, 0.25) is 0 Å². The number of nitrogens with two attached hydrogens (primary N) is 1. The maximum atomic E-state index is 13.8. The highest BCUT2D eigenvalue weighted by atomic mass is 19.3. The summed E-state index contributed by atoms with van der Waals surface area (Å²) < 4.78 is 32.8. The Morgan fingerprint density at radius 3 is 2.63 bits per heavy atom. The van der Waals surface area contributed by atoms with E-state index in [-0.39, 0.29) is 0 Å². The summed E-state index contributed by atoms with van der Waals surface area (Å²) in [5.41, 5.74) is 0.976. The van der Waals surface area contributed by atoms with E-state index in [4.69, 9.17) is 15.6 Å². The van der Waals surface area contributed by atoms with Crippen molar-refractivity contribution in [2.45, 2.75) is 24.0 Å². The molecular weight excluding hydrogens is 268 g/mol. The summed E-state index contributed by atoms with van der Waals surface area (Å²) >= 11 is 0. The van der Waals surface area contributed by atoms with Gasteiger partial charge < -0.3 is 14.9 Å². The smallest absolute Gasteiger partial charge is 0.330 e. The van der Waals surface area contributed by atoms with Crippen LogP contribution in [0.1, 0.15) is 6.23 Å². The second-order valence-corrected chi connectivity index (χ2v) is 4.18. The quantitative estimate of drug-likeness (QED) is 0.482. The highest BCUT2D eigenvalue weighted by Crippen LogP contribution is 2.45. The molecule has 1 saturated heterocycles. The van der Waals surface area contributed by atoms with Crippen LogP contribution in [-0.4, -0.2) is 44.1 Å². The average Bonchev–Trinajstić information content (AvgIpc) is 2.51. The first-order valence-corrected chi connectivity index (χ1v) is 5.17. The van der Waals surface area contributed by atoms with E-state index >= 15 is 0 Å². The van der Waals surface area contributed by atoms with Crippen molar-refractivity contribution in [3.8, 4) is 0 Å². The van der Waals surface area contributed by atoms with Gasteiger partial charge in [-0.25, -0.2) is 4.79 Å². The summed E-state index contributed by atoms with van der Waals surface area (Å²) in [5.74, 6) is -3.92. The molecule has 0 aromatic carbocycles. The molecule has 0 bridgehead atoms. The normalized spacial score (nSPS) is 33.5. The lowest BCUT2D eigenvalue weighted by atomic mass is 10.1. The number of hydrogen-bond donors (Lipinski definition) is 4. The predicted molar refractivity (Wildman–Crippen MR) is 56.4 cm³/mol. The third-order valence-corrected chi connectivity index (χ3v) is 2.84. The predicted octanol–water partition coefficient (Wildman–Crippen LogP) is -2.29. The molecule has 19 heavy (non-hydrogen) atoms. The van der Waals surface area contributed by atoms with Crippen LogP contribution in [0.25, 0.3) is 0 Å². The number of hydrogen-bond acceptors (Lipinski definition) is 6. The van der Waals surface area contributed by atoms with E-state index in [1.165, 1.54) is 0 Å². The average molecular weight is 279 g/mol. The summed E-state index contributed by atoms with van der Waals surface area (Å²) in [4.78, 5) is 24.1. The molecule has 1 aromatic heterocycles. The number of H-pyrrole nitrogens is 1. The van der Waals surface area contributed by atoms with Crippen LogP contribution in [0.3, 0.4) is 0 Å². The Labute approximate surface area is 104 Å². The van der Waals surface area contributed by atoms with Crippen molar-refractivity contribution in [1.29, 1.82) is 0 Å². The van der Waals surface area contributed by atoms with Crippen LogP contribution in [0.15, 0.2) is 21.9 Å². The molecule has 0 amide bonds. The highest BCUT2D eigenvalue weighted by molar-refractivity contribution is 5.03. The van der Waals surface area contributed by atoms with E-state index in [1.54, 1.807) is 4.98 Å². The third kappa shape index (κ3) is 1.98. The Balaban J connectivity index is 2.51. The van der Waals surface area contributed by atoms with Crippen molar-refractivity contribution < 1.29 is 23.7 Å². The molecule has 3 atom stereocenters. The zero-order chi connectivity index (χ0) is 14.4. The Morgan fingerprint density at radius 2 is 2.16 bits per heavy atom. The first kappa shape index (κ1) is 13.8. The zero-order valence-corrected chi connectivity index (χ0v) is 9.42. The number of aromatic nitrogens is 2. The molecule has 0 spiro atoms. The van der Waals surface area contributed by atoms with Gasteiger partial charge in [0.2, 0.25) is 6.23 Å². The minimum atomic E-state index is -3.92. The molecular formula is C9H11F2N3O5. The molecule has 1 aromatic rings. The maximum Gasteiger partial charge on any atom is 0.330 e. The SMILES string of the molecule is NC1(CO)OC(n2ccc(=O)[nH]c2=O)C(F)(F)C1O. The summed E-state index contributed by atoms with van der Waals surface area (Å²) in [6.45, 7) is -1.07. The fourth-order valence-corrected chi connectivity index (χ4v) is 1.79. The van der Waals surface area contributed by atoms with Crippen LogP contribution < -0.4 is 17.0 Å². The summed E-state index contributed by atoms with van der Waals surface area (Å²) in [5, 5.41) is 18.3. The molecule has 5 N–H and O–H groups in total. The number of aromatic amines is 1. The van der Waals surface area contributed by atoms with E-state index in [0.717, 1.165) is 12.3 Å². The topological polar surface area (TPSA) is 131 Å². The van der Waals surface area contributed by atoms with Crippen molar-refractivity contribution in [1.82, 2.24) is 9.55 Å². The molecule has 2 heterocycles. The van der Waals surface area contributed by atoms with Crippen molar-refractivity contribution in [2.75, 3.05) is 6.61 Å². The molecule has 1 aliphatic heterocycles. The molecule has 0 saturated carbocycles. The van der Waals surface area contributed by atoms with Gasteiger partial charge in [0, 0.05) is 12.3 Å². The number of alkyl halides is 2. The molecule has 10 heteroatoms. The first-order valence-electron chi connectivity index (χ1n) is 5.17. The van der Waals surface area contributed by atoms with Crippen LogP contribution in [0.4, 0.5) is 8.78 Å². The minimum Gasteiger partial charge on any atom is -0.392 e. The van der Waals surface area contributed by atoms with Gasteiger partial charge in [0.15, 0.2) is 11.8 Å². The lowest BCUT2D eigenvalue weighted by Crippen LogP contribution is -2.55. The number of aliphatic hydroxyl groups is 2. The van der Waals surface area contributed by atoms with Crippen LogP contribution in [0.5, 0.6) is 0 Å². The van der Waals surface area contributed by atoms with Gasteiger partial charge >= 0.3 is 11.6 Å². The fraction of sp³-hybridized carbons (Fsp3) is 0.556. The minimum absolute atomic E-state index is 0.384. The molecule has 3 unspecified atom stereocenters. The molecule has 0 radical (unpaired) electrons. The number of nitrogens with zero attached hydrogens (tertiary/aromatic N) is 1.